The summed E-state index contributed by atoms with van der Waals surface area (Å²) in [6.45, 7) is 5.93. The molecule has 0 heterocycles. The molecule has 16 heavy (non-hydrogen) atoms. The molecule has 3 N–H and O–H groups in total. The van der Waals surface area contributed by atoms with Crippen LogP contribution in [0, 0.1) is 5.92 Å². The SMILES string of the molecule is CCN=C(N)OC(=O)NC(=O)C(CC)CC. The second-order valence-electron chi connectivity index (χ2n) is 3.20. The van der Waals surface area contributed by atoms with Crippen LogP contribution in [-0.4, -0.2) is 24.6 Å². The zero-order valence-corrected chi connectivity index (χ0v) is 9.95. The lowest BCUT2D eigenvalue weighted by Gasteiger charge is -2.11. The average molecular weight is 229 g/mol. The topological polar surface area (TPSA) is 93.8 Å². The normalized spacial score (nSPS) is 11.4. The van der Waals surface area contributed by atoms with Crippen LogP contribution in [0.5, 0.6) is 0 Å². The maximum absolute atomic E-state index is 11.5. The first kappa shape index (κ1) is 14.4. The van der Waals surface area contributed by atoms with Crippen molar-refractivity contribution in [3.63, 3.8) is 0 Å². The highest BCUT2D eigenvalue weighted by Crippen LogP contribution is 2.06. The van der Waals surface area contributed by atoms with E-state index in [1.54, 1.807) is 6.92 Å². The van der Waals surface area contributed by atoms with Crippen LogP contribution in [0.4, 0.5) is 4.79 Å². The Labute approximate surface area is 95.2 Å². The number of carbonyl (C=O) groups excluding carboxylic acids is 2. The van der Waals surface area contributed by atoms with Gasteiger partial charge in [-0.25, -0.2) is 9.79 Å². The molecule has 0 spiro atoms. The van der Waals surface area contributed by atoms with Crippen LogP contribution in [0.3, 0.4) is 0 Å². The Kier molecular flexibility index (Phi) is 6.91. The maximum atomic E-state index is 11.5. The number of imide groups is 1. The number of amidine groups is 1. The number of carbonyl (C=O) groups is 2. The highest BCUT2D eigenvalue weighted by Gasteiger charge is 2.17. The molecule has 2 amide bonds. The number of nitrogens with one attached hydrogen (secondary N) is 1. The number of amides is 2. The van der Waals surface area contributed by atoms with Gasteiger partial charge in [0, 0.05) is 12.5 Å². The number of hydrogen-bond acceptors (Lipinski definition) is 4. The van der Waals surface area contributed by atoms with E-state index < -0.39 is 6.09 Å². The number of rotatable bonds is 4. The Morgan fingerprint density at radius 2 is 1.88 bits per heavy atom. The van der Waals surface area contributed by atoms with Crippen LogP contribution < -0.4 is 11.1 Å². The molecule has 0 aromatic heterocycles. The average Bonchev–Trinajstić information content (AvgIpc) is 2.19. The predicted molar refractivity (Wildman–Crippen MR) is 60.9 cm³/mol. The van der Waals surface area contributed by atoms with Crippen LogP contribution in [0.2, 0.25) is 0 Å². The van der Waals surface area contributed by atoms with Crippen molar-refractivity contribution < 1.29 is 14.3 Å². The fourth-order valence-electron chi connectivity index (χ4n) is 1.17. The molecule has 0 aromatic rings. The number of nitrogens with zero attached hydrogens (tertiary/aromatic N) is 1. The lowest BCUT2D eigenvalue weighted by atomic mass is 10.0. The fraction of sp³-hybridized carbons (Fsp3) is 0.700. The van der Waals surface area contributed by atoms with Gasteiger partial charge in [-0.05, 0) is 19.8 Å². The molecule has 0 aliphatic rings. The van der Waals surface area contributed by atoms with E-state index >= 15 is 0 Å². The van der Waals surface area contributed by atoms with Gasteiger partial charge in [-0.3, -0.25) is 10.1 Å². The molecule has 6 nitrogen and oxygen atoms in total. The molecule has 0 aliphatic heterocycles. The summed E-state index contributed by atoms with van der Waals surface area (Å²) in [7, 11) is 0. The minimum atomic E-state index is -0.883. The molecule has 0 saturated carbocycles. The van der Waals surface area contributed by atoms with Gasteiger partial charge in [0.25, 0.3) is 6.02 Å². The van der Waals surface area contributed by atoms with E-state index in [2.05, 4.69) is 15.0 Å². The van der Waals surface area contributed by atoms with Gasteiger partial charge in [-0.2, -0.15) is 0 Å². The number of alkyl carbamates (subject to hydrolysis) is 1. The largest absolute Gasteiger partial charge is 0.421 e. The van der Waals surface area contributed by atoms with E-state index in [4.69, 9.17) is 5.73 Å². The molecule has 92 valence electrons. The van der Waals surface area contributed by atoms with E-state index in [0.29, 0.717) is 19.4 Å². The van der Waals surface area contributed by atoms with Gasteiger partial charge < -0.3 is 10.5 Å². The second kappa shape index (κ2) is 7.67. The number of nitrogens with two attached hydrogens (primary N) is 1. The van der Waals surface area contributed by atoms with Gasteiger partial charge in [0.2, 0.25) is 5.91 Å². The van der Waals surface area contributed by atoms with E-state index in [0.717, 1.165) is 0 Å². The van der Waals surface area contributed by atoms with Crippen molar-refractivity contribution in [2.75, 3.05) is 6.54 Å². The van der Waals surface area contributed by atoms with E-state index in [1.807, 2.05) is 13.8 Å². The molecule has 0 unspecified atom stereocenters. The molecular weight excluding hydrogens is 210 g/mol. The van der Waals surface area contributed by atoms with Crippen LogP contribution >= 0.6 is 0 Å². The van der Waals surface area contributed by atoms with Gasteiger partial charge in [0.1, 0.15) is 0 Å². The van der Waals surface area contributed by atoms with E-state index in [1.165, 1.54) is 0 Å². The molecule has 0 aliphatic carbocycles. The Hall–Kier alpha value is -1.59. The third-order valence-electron chi connectivity index (χ3n) is 2.09. The van der Waals surface area contributed by atoms with Crippen LogP contribution in [0.25, 0.3) is 0 Å². The highest BCUT2D eigenvalue weighted by atomic mass is 16.6. The number of aliphatic imine (C=N–C) groups is 1. The van der Waals surface area contributed by atoms with Gasteiger partial charge in [-0.1, -0.05) is 13.8 Å². The summed E-state index contributed by atoms with van der Waals surface area (Å²) >= 11 is 0. The van der Waals surface area contributed by atoms with Crippen molar-refractivity contribution in [2.24, 2.45) is 16.6 Å². The van der Waals surface area contributed by atoms with Crippen LogP contribution in [-0.2, 0) is 9.53 Å². The zero-order chi connectivity index (χ0) is 12.6. The van der Waals surface area contributed by atoms with Crippen molar-refractivity contribution in [2.45, 2.75) is 33.6 Å². The summed E-state index contributed by atoms with van der Waals surface area (Å²) in [5.74, 6) is -0.531. The zero-order valence-electron chi connectivity index (χ0n) is 9.95. The van der Waals surface area contributed by atoms with Crippen molar-refractivity contribution in [1.29, 1.82) is 0 Å². The highest BCUT2D eigenvalue weighted by molar-refractivity contribution is 5.97. The van der Waals surface area contributed by atoms with Gasteiger partial charge in [0.05, 0.1) is 0 Å². The van der Waals surface area contributed by atoms with E-state index in [9.17, 15) is 9.59 Å². The Morgan fingerprint density at radius 1 is 1.31 bits per heavy atom. The standard InChI is InChI=1S/C10H19N3O3/c1-4-7(5-2)8(14)13-10(15)16-9(11)12-6-3/h7H,4-6H2,1-3H3,(H2,11,12)(H,13,14,15). The molecule has 0 fully saturated rings. The van der Waals surface area contributed by atoms with Crippen molar-refractivity contribution in [1.82, 2.24) is 5.32 Å². The molecule has 0 bridgehead atoms. The Morgan fingerprint density at radius 3 is 2.31 bits per heavy atom. The summed E-state index contributed by atoms with van der Waals surface area (Å²) < 4.78 is 4.56. The van der Waals surface area contributed by atoms with Crippen molar-refractivity contribution in [3.05, 3.63) is 0 Å². The summed E-state index contributed by atoms with van der Waals surface area (Å²) in [4.78, 5) is 26.3. The fourth-order valence-corrected chi connectivity index (χ4v) is 1.17. The maximum Gasteiger partial charge on any atom is 0.421 e. The quantitative estimate of drug-likeness (QED) is 0.555. The monoisotopic (exact) mass is 229 g/mol. The summed E-state index contributed by atoms with van der Waals surface area (Å²) in [6.07, 6.45) is 0.467. The lowest BCUT2D eigenvalue weighted by molar-refractivity contribution is -0.124. The third kappa shape index (κ3) is 5.33. The Balaban J connectivity index is 4.14. The van der Waals surface area contributed by atoms with Gasteiger partial charge in [-0.15, -0.1) is 0 Å². The first-order chi connectivity index (χ1) is 7.54. The Bertz CT molecular complexity index is 272. The van der Waals surface area contributed by atoms with Crippen molar-refractivity contribution in [3.8, 4) is 0 Å². The smallest absolute Gasteiger partial charge is 0.376 e. The number of ether oxygens (including phenoxy) is 1. The van der Waals surface area contributed by atoms with E-state index in [-0.39, 0.29) is 17.8 Å². The minimum absolute atomic E-state index is 0.183. The third-order valence-corrected chi connectivity index (χ3v) is 2.09. The van der Waals surface area contributed by atoms with Gasteiger partial charge >= 0.3 is 6.09 Å². The molecule has 0 radical (unpaired) electrons. The summed E-state index contributed by atoms with van der Waals surface area (Å²) in [6, 6.07) is -0.239. The molecule has 0 atom stereocenters. The molecule has 0 saturated heterocycles. The first-order valence-corrected chi connectivity index (χ1v) is 5.37. The molecule has 6 heteroatoms. The molecule has 0 rings (SSSR count). The van der Waals surface area contributed by atoms with Crippen LogP contribution in [0.15, 0.2) is 4.99 Å². The lowest BCUT2D eigenvalue weighted by Crippen LogP contribution is -2.38. The van der Waals surface area contributed by atoms with Crippen molar-refractivity contribution >= 4 is 18.0 Å². The summed E-state index contributed by atoms with van der Waals surface area (Å²) in [5.41, 5.74) is 5.26. The number of hydrogen-bond donors (Lipinski definition) is 2. The second-order valence-corrected chi connectivity index (χ2v) is 3.20. The molecule has 0 aromatic carbocycles. The van der Waals surface area contributed by atoms with Crippen LogP contribution in [0.1, 0.15) is 33.6 Å². The first-order valence-electron chi connectivity index (χ1n) is 5.37. The summed E-state index contributed by atoms with van der Waals surface area (Å²) in [5, 5.41) is 2.11. The van der Waals surface area contributed by atoms with Gasteiger partial charge in [0.15, 0.2) is 0 Å². The predicted octanol–water partition coefficient (Wildman–Crippen LogP) is 1.01. The minimum Gasteiger partial charge on any atom is -0.376 e. The molecular formula is C10H19N3O3.